The van der Waals surface area contributed by atoms with Crippen molar-refractivity contribution in [1.82, 2.24) is 0 Å². The van der Waals surface area contributed by atoms with Crippen LogP contribution in [0.4, 0.5) is 0 Å². The summed E-state index contributed by atoms with van der Waals surface area (Å²) in [5, 5.41) is 10.7. The first-order valence-electron chi connectivity index (χ1n) is 5.39. The fourth-order valence-corrected chi connectivity index (χ4v) is 1.53. The Labute approximate surface area is 99.5 Å². The van der Waals surface area contributed by atoms with E-state index >= 15 is 0 Å². The van der Waals surface area contributed by atoms with E-state index in [9.17, 15) is 14.9 Å². The molecule has 0 heterocycles. The smallest absolute Gasteiger partial charge is 0.337 e. The Bertz CT molecular complexity index is 399. The van der Waals surface area contributed by atoms with Gasteiger partial charge in [-0.2, -0.15) is 0 Å². The second-order valence-corrected chi connectivity index (χ2v) is 3.74. The third kappa shape index (κ3) is 3.55. The van der Waals surface area contributed by atoms with Crippen LogP contribution in [-0.2, 0) is 11.2 Å². The van der Waals surface area contributed by atoms with Crippen molar-refractivity contribution in [3.8, 4) is 0 Å². The minimum Gasteiger partial charge on any atom is -0.465 e. The minimum atomic E-state index is -0.570. The van der Waals surface area contributed by atoms with Crippen molar-refractivity contribution < 1.29 is 14.5 Å². The van der Waals surface area contributed by atoms with Crippen LogP contribution in [-0.4, -0.2) is 24.0 Å². The van der Waals surface area contributed by atoms with E-state index in [0.29, 0.717) is 18.4 Å². The van der Waals surface area contributed by atoms with Crippen LogP contribution in [0.2, 0.25) is 0 Å². The molecule has 0 amide bonds. The molecular weight excluding hydrogens is 222 g/mol. The predicted molar refractivity (Wildman–Crippen MR) is 62.6 cm³/mol. The molecule has 0 fully saturated rings. The van der Waals surface area contributed by atoms with E-state index in [1.54, 1.807) is 31.2 Å². The van der Waals surface area contributed by atoms with Gasteiger partial charge in [0.05, 0.1) is 12.7 Å². The number of hydrogen-bond donors (Lipinski definition) is 0. The van der Waals surface area contributed by atoms with Gasteiger partial charge in [0, 0.05) is 17.8 Å². The third-order valence-corrected chi connectivity index (χ3v) is 2.62. The van der Waals surface area contributed by atoms with Gasteiger partial charge in [-0.05, 0) is 17.7 Å². The Balaban J connectivity index is 2.74. The highest BCUT2D eigenvalue weighted by Gasteiger charge is 2.17. The molecule has 1 unspecified atom stereocenters. The van der Waals surface area contributed by atoms with Gasteiger partial charge in [0.2, 0.25) is 6.04 Å². The van der Waals surface area contributed by atoms with Crippen molar-refractivity contribution in [2.45, 2.75) is 25.8 Å². The molecule has 1 aromatic rings. The van der Waals surface area contributed by atoms with E-state index < -0.39 is 12.0 Å². The number of esters is 1. The molecule has 0 saturated carbocycles. The lowest BCUT2D eigenvalue weighted by Gasteiger charge is -2.07. The summed E-state index contributed by atoms with van der Waals surface area (Å²) in [5.41, 5.74) is 1.30. The minimum absolute atomic E-state index is 0.270. The van der Waals surface area contributed by atoms with Crippen LogP contribution in [0, 0.1) is 10.1 Å². The molecule has 17 heavy (non-hydrogen) atoms. The number of carbonyl (C=O) groups is 1. The zero-order valence-corrected chi connectivity index (χ0v) is 9.88. The van der Waals surface area contributed by atoms with Crippen LogP contribution < -0.4 is 0 Å². The van der Waals surface area contributed by atoms with Crippen LogP contribution in [0.15, 0.2) is 24.3 Å². The standard InChI is InChI=1S/C12H15NO4/c1-3-11(13(15)16)8-9-4-6-10(7-5-9)12(14)17-2/h4-7,11H,3,8H2,1-2H3. The first kappa shape index (κ1) is 13.2. The lowest BCUT2D eigenvalue weighted by atomic mass is 10.0. The molecule has 0 bridgehead atoms. The second kappa shape index (κ2) is 5.98. The van der Waals surface area contributed by atoms with Crippen LogP contribution in [0.3, 0.4) is 0 Å². The van der Waals surface area contributed by atoms with E-state index in [1.807, 2.05) is 0 Å². The molecule has 92 valence electrons. The van der Waals surface area contributed by atoms with Crippen LogP contribution in [0.1, 0.15) is 29.3 Å². The number of nitro groups is 1. The number of hydrogen-bond acceptors (Lipinski definition) is 4. The average molecular weight is 237 g/mol. The van der Waals surface area contributed by atoms with Crippen LogP contribution >= 0.6 is 0 Å². The molecule has 0 aliphatic heterocycles. The van der Waals surface area contributed by atoms with Gasteiger partial charge in [0.15, 0.2) is 0 Å². The van der Waals surface area contributed by atoms with E-state index in [1.165, 1.54) is 7.11 Å². The van der Waals surface area contributed by atoms with Crippen molar-refractivity contribution in [1.29, 1.82) is 0 Å². The summed E-state index contributed by atoms with van der Waals surface area (Å²) < 4.78 is 4.57. The fourth-order valence-electron chi connectivity index (χ4n) is 1.53. The lowest BCUT2D eigenvalue weighted by Crippen LogP contribution is -2.21. The number of ether oxygens (including phenoxy) is 1. The normalized spacial score (nSPS) is 11.9. The first-order chi connectivity index (χ1) is 8.08. The summed E-state index contributed by atoms with van der Waals surface area (Å²) in [5.74, 6) is -0.405. The zero-order valence-electron chi connectivity index (χ0n) is 9.88. The summed E-state index contributed by atoms with van der Waals surface area (Å²) in [6.07, 6.45) is 0.872. The van der Waals surface area contributed by atoms with Gasteiger partial charge in [0.25, 0.3) is 0 Å². The van der Waals surface area contributed by atoms with Gasteiger partial charge in [-0.25, -0.2) is 4.79 Å². The Morgan fingerprint density at radius 1 is 1.41 bits per heavy atom. The van der Waals surface area contributed by atoms with Gasteiger partial charge in [0.1, 0.15) is 0 Å². The molecule has 0 aliphatic rings. The Morgan fingerprint density at radius 3 is 2.41 bits per heavy atom. The molecule has 1 atom stereocenters. The molecule has 1 rings (SSSR count). The summed E-state index contributed by atoms with van der Waals surface area (Å²) in [4.78, 5) is 21.6. The SMILES string of the molecule is CCC(Cc1ccc(C(=O)OC)cc1)[N+](=O)[O-]. The molecule has 5 nitrogen and oxygen atoms in total. The molecule has 0 aliphatic carbocycles. The Hall–Kier alpha value is -1.91. The molecule has 0 spiro atoms. The number of benzene rings is 1. The fraction of sp³-hybridized carbons (Fsp3) is 0.417. The van der Waals surface area contributed by atoms with Gasteiger partial charge < -0.3 is 4.74 Å². The summed E-state index contributed by atoms with van der Waals surface area (Å²) >= 11 is 0. The van der Waals surface area contributed by atoms with Crippen molar-refractivity contribution in [3.63, 3.8) is 0 Å². The molecule has 0 aromatic heterocycles. The van der Waals surface area contributed by atoms with Crippen molar-refractivity contribution in [2.24, 2.45) is 0 Å². The van der Waals surface area contributed by atoms with Crippen molar-refractivity contribution >= 4 is 5.97 Å². The number of nitrogens with zero attached hydrogens (tertiary/aromatic N) is 1. The Morgan fingerprint density at radius 2 is 2.00 bits per heavy atom. The van der Waals surface area contributed by atoms with E-state index in [0.717, 1.165) is 5.56 Å². The second-order valence-electron chi connectivity index (χ2n) is 3.74. The van der Waals surface area contributed by atoms with Crippen LogP contribution in [0.5, 0.6) is 0 Å². The monoisotopic (exact) mass is 237 g/mol. The molecule has 5 heteroatoms. The predicted octanol–water partition coefficient (Wildman–Crippen LogP) is 2.07. The molecule has 0 N–H and O–H groups in total. The van der Waals surface area contributed by atoms with Gasteiger partial charge >= 0.3 is 5.97 Å². The van der Waals surface area contributed by atoms with Crippen molar-refractivity contribution in [3.05, 3.63) is 45.5 Å². The summed E-state index contributed by atoms with van der Waals surface area (Å²) in [6.45, 7) is 1.79. The summed E-state index contributed by atoms with van der Waals surface area (Å²) in [7, 11) is 1.32. The number of rotatable bonds is 5. The van der Waals surface area contributed by atoms with Gasteiger partial charge in [-0.15, -0.1) is 0 Å². The molecule has 1 aromatic carbocycles. The highest BCUT2D eigenvalue weighted by molar-refractivity contribution is 5.89. The number of methoxy groups -OCH3 is 1. The average Bonchev–Trinajstić information content (AvgIpc) is 2.35. The topological polar surface area (TPSA) is 69.4 Å². The maximum atomic E-state index is 11.2. The van der Waals surface area contributed by atoms with E-state index in [4.69, 9.17) is 0 Å². The van der Waals surface area contributed by atoms with E-state index in [2.05, 4.69) is 4.74 Å². The maximum Gasteiger partial charge on any atom is 0.337 e. The highest BCUT2D eigenvalue weighted by atomic mass is 16.6. The van der Waals surface area contributed by atoms with Crippen LogP contribution in [0.25, 0.3) is 0 Å². The Kier molecular flexibility index (Phi) is 4.63. The lowest BCUT2D eigenvalue weighted by molar-refractivity contribution is -0.522. The third-order valence-electron chi connectivity index (χ3n) is 2.62. The molecular formula is C12H15NO4. The number of carbonyl (C=O) groups excluding carboxylic acids is 1. The van der Waals surface area contributed by atoms with Gasteiger partial charge in [-0.3, -0.25) is 10.1 Å². The zero-order chi connectivity index (χ0) is 12.8. The quantitative estimate of drug-likeness (QED) is 0.446. The largest absolute Gasteiger partial charge is 0.465 e. The van der Waals surface area contributed by atoms with Crippen molar-refractivity contribution in [2.75, 3.05) is 7.11 Å². The van der Waals surface area contributed by atoms with E-state index in [-0.39, 0.29) is 4.92 Å². The maximum absolute atomic E-state index is 11.2. The van der Waals surface area contributed by atoms with Gasteiger partial charge in [-0.1, -0.05) is 19.1 Å². The highest BCUT2D eigenvalue weighted by Crippen LogP contribution is 2.11. The molecule has 0 saturated heterocycles. The molecule has 0 radical (unpaired) electrons. The summed E-state index contributed by atoms with van der Waals surface area (Å²) in [6, 6.07) is 6.11. The first-order valence-corrected chi connectivity index (χ1v) is 5.39.